The molecule has 0 saturated carbocycles. The minimum atomic E-state index is -1.06. The molecule has 0 aromatic carbocycles. The van der Waals surface area contributed by atoms with Crippen molar-refractivity contribution in [3.8, 4) is 0 Å². The zero-order valence-electron chi connectivity index (χ0n) is 6.51. The molecule has 5 heteroatoms. The van der Waals surface area contributed by atoms with Crippen LogP contribution in [0, 0.1) is 0 Å². The molecule has 0 aromatic heterocycles. The van der Waals surface area contributed by atoms with E-state index < -0.39 is 5.97 Å². The van der Waals surface area contributed by atoms with E-state index in [0.29, 0.717) is 0 Å². The van der Waals surface area contributed by atoms with E-state index in [1.165, 1.54) is 21.3 Å². The third-order valence-corrected chi connectivity index (χ3v) is 1.18. The average Bonchev–Trinajstić information content (AvgIpc) is 1.95. The van der Waals surface area contributed by atoms with Crippen LogP contribution in [0.2, 0.25) is 0 Å². The lowest BCUT2D eigenvalue weighted by Gasteiger charge is -2.26. The third-order valence-electron chi connectivity index (χ3n) is 1.18. The van der Waals surface area contributed by atoms with Gasteiger partial charge in [0.05, 0.1) is 6.54 Å². The highest BCUT2D eigenvalue weighted by molar-refractivity contribution is 4.53. The molecule has 0 rings (SSSR count). The average molecular weight is 153 g/mol. The van der Waals surface area contributed by atoms with Crippen molar-refractivity contribution in [1.82, 2.24) is 0 Å². The summed E-state index contributed by atoms with van der Waals surface area (Å²) in [6, 6.07) is 0. The lowest BCUT2D eigenvalue weighted by atomic mass is 10.5. The molecule has 4 N–H and O–H groups in total. The standard InChI is InChI=1S/C5H13NO3.H2O/c1-7-5(4-6,8-2)9-3;/h4,6H2,1-3H3;1H2. The van der Waals surface area contributed by atoms with Crippen LogP contribution in [-0.4, -0.2) is 39.3 Å². The van der Waals surface area contributed by atoms with Crippen LogP contribution in [0.25, 0.3) is 0 Å². The lowest BCUT2D eigenvalue weighted by molar-refractivity contribution is -0.344. The maximum atomic E-state index is 5.26. The second-order valence-corrected chi connectivity index (χ2v) is 1.50. The summed E-state index contributed by atoms with van der Waals surface area (Å²) in [6.45, 7) is 0.177. The Balaban J connectivity index is 0. The molecule has 0 aromatic rings. The molecule has 0 atom stereocenters. The van der Waals surface area contributed by atoms with E-state index >= 15 is 0 Å². The monoisotopic (exact) mass is 153 g/mol. The molecule has 0 fully saturated rings. The van der Waals surface area contributed by atoms with Crippen molar-refractivity contribution in [2.24, 2.45) is 5.73 Å². The van der Waals surface area contributed by atoms with Crippen molar-refractivity contribution in [1.29, 1.82) is 0 Å². The van der Waals surface area contributed by atoms with Crippen molar-refractivity contribution in [3.63, 3.8) is 0 Å². The van der Waals surface area contributed by atoms with Gasteiger partial charge in [0.1, 0.15) is 0 Å². The van der Waals surface area contributed by atoms with Crippen molar-refractivity contribution in [2.45, 2.75) is 5.97 Å². The highest BCUT2D eigenvalue weighted by Crippen LogP contribution is 2.08. The van der Waals surface area contributed by atoms with Crippen LogP contribution in [0.15, 0.2) is 0 Å². The molecule has 5 nitrogen and oxygen atoms in total. The van der Waals surface area contributed by atoms with Gasteiger partial charge in [0.25, 0.3) is 5.97 Å². The summed E-state index contributed by atoms with van der Waals surface area (Å²) in [7, 11) is 4.42. The SMILES string of the molecule is COC(CN)(OC)OC.O. The van der Waals surface area contributed by atoms with E-state index in [-0.39, 0.29) is 12.0 Å². The molecule has 0 radical (unpaired) electrons. The highest BCUT2D eigenvalue weighted by atomic mass is 16.9. The Kier molecular flexibility index (Phi) is 6.95. The van der Waals surface area contributed by atoms with Gasteiger partial charge >= 0.3 is 0 Å². The van der Waals surface area contributed by atoms with E-state index in [0.717, 1.165) is 0 Å². The maximum Gasteiger partial charge on any atom is 0.295 e. The number of nitrogens with two attached hydrogens (primary N) is 1. The molecule has 0 aliphatic heterocycles. The Labute approximate surface area is 60.4 Å². The molecule has 0 amide bonds. The van der Waals surface area contributed by atoms with Crippen LogP contribution in [-0.2, 0) is 14.2 Å². The predicted octanol–water partition coefficient (Wildman–Crippen LogP) is -1.29. The number of hydrogen-bond acceptors (Lipinski definition) is 4. The topological polar surface area (TPSA) is 85.2 Å². The van der Waals surface area contributed by atoms with Gasteiger partial charge in [0, 0.05) is 21.3 Å². The lowest BCUT2D eigenvalue weighted by Crippen LogP contribution is -2.43. The first-order valence-corrected chi connectivity index (χ1v) is 2.60. The van der Waals surface area contributed by atoms with Gasteiger partial charge in [0.15, 0.2) is 0 Å². The molecule has 0 spiro atoms. The third kappa shape index (κ3) is 2.59. The molecule has 0 heterocycles. The summed E-state index contributed by atoms with van der Waals surface area (Å²) in [5.41, 5.74) is 5.26. The van der Waals surface area contributed by atoms with Gasteiger partial charge in [-0.25, -0.2) is 0 Å². The Bertz CT molecular complexity index is 56.5. The number of methoxy groups -OCH3 is 3. The predicted molar refractivity (Wildman–Crippen MR) is 36.4 cm³/mol. The molecular formula is C5H15NO4. The van der Waals surface area contributed by atoms with Crippen LogP contribution in [0.1, 0.15) is 0 Å². The Morgan fingerprint density at radius 3 is 1.40 bits per heavy atom. The van der Waals surface area contributed by atoms with Crippen LogP contribution < -0.4 is 5.73 Å². The molecule has 0 aliphatic rings. The smallest absolute Gasteiger partial charge is 0.295 e. The zero-order valence-corrected chi connectivity index (χ0v) is 6.51. The number of rotatable bonds is 4. The quantitative estimate of drug-likeness (QED) is 0.509. The summed E-state index contributed by atoms with van der Waals surface area (Å²) < 4.78 is 14.4. The minimum Gasteiger partial charge on any atom is -0.412 e. The minimum absolute atomic E-state index is 0. The van der Waals surface area contributed by atoms with E-state index in [4.69, 9.17) is 19.9 Å². The van der Waals surface area contributed by atoms with E-state index in [2.05, 4.69) is 0 Å². The fraction of sp³-hybridized carbons (Fsp3) is 1.00. The normalized spacial score (nSPS) is 10.8. The van der Waals surface area contributed by atoms with E-state index in [1.807, 2.05) is 0 Å². The van der Waals surface area contributed by atoms with Gasteiger partial charge < -0.3 is 25.4 Å². The van der Waals surface area contributed by atoms with Crippen molar-refractivity contribution in [2.75, 3.05) is 27.9 Å². The summed E-state index contributed by atoms with van der Waals surface area (Å²) >= 11 is 0. The first-order chi connectivity index (χ1) is 4.24. The fourth-order valence-corrected chi connectivity index (χ4v) is 0.500. The van der Waals surface area contributed by atoms with Crippen LogP contribution in [0.4, 0.5) is 0 Å². The largest absolute Gasteiger partial charge is 0.412 e. The molecule has 64 valence electrons. The second-order valence-electron chi connectivity index (χ2n) is 1.50. The molecule has 0 saturated heterocycles. The second kappa shape index (κ2) is 5.57. The Hall–Kier alpha value is -0.200. The van der Waals surface area contributed by atoms with Crippen LogP contribution in [0.3, 0.4) is 0 Å². The maximum absolute atomic E-state index is 5.26. The molecular weight excluding hydrogens is 138 g/mol. The van der Waals surface area contributed by atoms with E-state index in [9.17, 15) is 0 Å². The van der Waals surface area contributed by atoms with Crippen molar-refractivity contribution >= 4 is 0 Å². The summed E-state index contributed by atoms with van der Waals surface area (Å²) in [5.74, 6) is -1.06. The van der Waals surface area contributed by atoms with E-state index in [1.54, 1.807) is 0 Å². The summed E-state index contributed by atoms with van der Waals surface area (Å²) in [5, 5.41) is 0. The molecule has 0 bridgehead atoms. The number of ether oxygens (including phenoxy) is 3. The zero-order chi connectivity index (χ0) is 7.33. The number of hydrogen-bond donors (Lipinski definition) is 1. The summed E-state index contributed by atoms with van der Waals surface area (Å²) in [4.78, 5) is 0. The van der Waals surface area contributed by atoms with Crippen LogP contribution >= 0.6 is 0 Å². The van der Waals surface area contributed by atoms with Crippen LogP contribution in [0.5, 0.6) is 0 Å². The Morgan fingerprint density at radius 2 is 1.40 bits per heavy atom. The highest BCUT2D eigenvalue weighted by Gasteiger charge is 2.26. The Morgan fingerprint density at radius 1 is 1.10 bits per heavy atom. The van der Waals surface area contributed by atoms with Gasteiger partial charge in [-0.05, 0) is 0 Å². The van der Waals surface area contributed by atoms with Gasteiger partial charge in [-0.15, -0.1) is 0 Å². The van der Waals surface area contributed by atoms with Gasteiger partial charge in [0.2, 0.25) is 0 Å². The first kappa shape index (κ1) is 12.5. The van der Waals surface area contributed by atoms with Gasteiger partial charge in [-0.1, -0.05) is 0 Å². The summed E-state index contributed by atoms with van der Waals surface area (Å²) in [6.07, 6.45) is 0. The van der Waals surface area contributed by atoms with Gasteiger partial charge in [-0.2, -0.15) is 0 Å². The first-order valence-electron chi connectivity index (χ1n) is 2.60. The fourth-order valence-electron chi connectivity index (χ4n) is 0.500. The molecule has 0 unspecified atom stereocenters. The van der Waals surface area contributed by atoms with Crippen molar-refractivity contribution < 1.29 is 19.7 Å². The van der Waals surface area contributed by atoms with Gasteiger partial charge in [-0.3, -0.25) is 0 Å². The molecule has 10 heavy (non-hydrogen) atoms. The molecule has 0 aliphatic carbocycles. The van der Waals surface area contributed by atoms with Crippen molar-refractivity contribution in [3.05, 3.63) is 0 Å².